The number of hydrogen-bond donors (Lipinski definition) is 2. The number of anilines is 1. The van der Waals surface area contributed by atoms with Crippen LogP contribution in [0.25, 0.3) is 5.82 Å². The Kier molecular flexibility index (Phi) is 6.73. The van der Waals surface area contributed by atoms with Gasteiger partial charge >= 0.3 is 0 Å². The summed E-state index contributed by atoms with van der Waals surface area (Å²) in [6, 6.07) is 13.0. The highest BCUT2D eigenvalue weighted by Crippen LogP contribution is 2.15. The number of rotatable bonds is 8. The van der Waals surface area contributed by atoms with Crippen molar-refractivity contribution in [3.63, 3.8) is 0 Å². The summed E-state index contributed by atoms with van der Waals surface area (Å²) in [5.41, 5.74) is 3.06. The van der Waals surface area contributed by atoms with Crippen LogP contribution in [-0.2, 0) is 17.8 Å². The largest absolute Gasteiger partial charge is 0.348 e. The zero-order valence-corrected chi connectivity index (χ0v) is 16.7. The quantitative estimate of drug-likeness (QED) is 0.615. The fraction of sp³-hybridized carbons (Fsp3) is 0.273. The number of pyridine rings is 1. The van der Waals surface area contributed by atoms with Gasteiger partial charge in [-0.2, -0.15) is 5.10 Å². The van der Waals surface area contributed by atoms with Gasteiger partial charge < -0.3 is 10.6 Å². The summed E-state index contributed by atoms with van der Waals surface area (Å²) in [4.78, 5) is 28.6. The molecule has 0 saturated carbocycles. The Morgan fingerprint density at radius 1 is 1.07 bits per heavy atom. The van der Waals surface area contributed by atoms with Gasteiger partial charge in [-0.15, -0.1) is 0 Å². The van der Waals surface area contributed by atoms with Gasteiger partial charge in [-0.05, 0) is 42.7 Å². The third-order valence-electron chi connectivity index (χ3n) is 4.48. The predicted octanol–water partition coefficient (Wildman–Crippen LogP) is 3.50. The number of nitrogens with zero attached hydrogens (tertiary/aromatic N) is 3. The average molecular weight is 391 g/mol. The molecule has 0 fully saturated rings. The molecule has 0 spiro atoms. The minimum Gasteiger partial charge on any atom is -0.348 e. The minimum absolute atomic E-state index is 0.00515. The lowest BCUT2D eigenvalue weighted by Gasteiger charge is -2.09. The second-order valence-electron chi connectivity index (χ2n) is 6.64. The second kappa shape index (κ2) is 9.64. The molecule has 2 N–H and O–H groups in total. The number of carbonyl (C=O) groups excluding carboxylic acids is 2. The van der Waals surface area contributed by atoms with Crippen LogP contribution < -0.4 is 10.6 Å². The zero-order chi connectivity index (χ0) is 20.6. The van der Waals surface area contributed by atoms with Crippen molar-refractivity contribution < 1.29 is 9.59 Å². The van der Waals surface area contributed by atoms with E-state index in [2.05, 4.69) is 20.7 Å². The molecule has 2 heterocycles. The van der Waals surface area contributed by atoms with Crippen molar-refractivity contribution in [1.29, 1.82) is 0 Å². The maximum atomic E-state index is 12.7. The van der Waals surface area contributed by atoms with E-state index in [9.17, 15) is 9.59 Å². The molecule has 0 unspecified atom stereocenters. The SMILES string of the molecule is CCCC(=O)Nc1ccc(CNC(=O)c2cnn(-c3ccccn3)c2CC)cc1. The summed E-state index contributed by atoms with van der Waals surface area (Å²) in [6.45, 7) is 4.34. The molecule has 7 nitrogen and oxygen atoms in total. The van der Waals surface area contributed by atoms with E-state index >= 15 is 0 Å². The first kappa shape index (κ1) is 20.3. The number of benzene rings is 1. The van der Waals surface area contributed by atoms with Gasteiger partial charge in [0.2, 0.25) is 5.91 Å². The third-order valence-corrected chi connectivity index (χ3v) is 4.48. The maximum absolute atomic E-state index is 12.7. The van der Waals surface area contributed by atoms with Gasteiger partial charge in [-0.1, -0.05) is 32.0 Å². The molecule has 0 bridgehead atoms. The maximum Gasteiger partial charge on any atom is 0.255 e. The number of amides is 2. The van der Waals surface area contributed by atoms with Crippen LogP contribution in [0, 0.1) is 0 Å². The van der Waals surface area contributed by atoms with Crippen molar-refractivity contribution in [1.82, 2.24) is 20.1 Å². The summed E-state index contributed by atoms with van der Waals surface area (Å²) >= 11 is 0. The average Bonchev–Trinajstić information content (AvgIpc) is 3.18. The minimum atomic E-state index is -0.177. The van der Waals surface area contributed by atoms with Crippen LogP contribution in [0.15, 0.2) is 54.9 Å². The first-order chi connectivity index (χ1) is 14.1. The smallest absolute Gasteiger partial charge is 0.255 e. The molecule has 2 aromatic heterocycles. The van der Waals surface area contributed by atoms with Crippen molar-refractivity contribution in [2.75, 3.05) is 5.32 Å². The summed E-state index contributed by atoms with van der Waals surface area (Å²) in [5.74, 6) is 0.513. The number of carbonyl (C=O) groups is 2. The molecule has 150 valence electrons. The molecule has 0 saturated heterocycles. The molecule has 7 heteroatoms. The van der Waals surface area contributed by atoms with E-state index in [-0.39, 0.29) is 11.8 Å². The van der Waals surface area contributed by atoms with Crippen molar-refractivity contribution >= 4 is 17.5 Å². The lowest BCUT2D eigenvalue weighted by atomic mass is 10.1. The molecule has 0 aliphatic rings. The van der Waals surface area contributed by atoms with E-state index in [1.807, 2.05) is 56.3 Å². The van der Waals surface area contributed by atoms with Crippen LogP contribution >= 0.6 is 0 Å². The third kappa shape index (κ3) is 5.07. The fourth-order valence-electron chi connectivity index (χ4n) is 3.01. The normalized spacial score (nSPS) is 10.6. The van der Waals surface area contributed by atoms with Crippen molar-refractivity contribution in [2.24, 2.45) is 0 Å². The van der Waals surface area contributed by atoms with Gasteiger partial charge in [0.25, 0.3) is 5.91 Å². The molecule has 2 amide bonds. The van der Waals surface area contributed by atoms with Crippen LogP contribution in [0.5, 0.6) is 0 Å². The summed E-state index contributed by atoms with van der Waals surface area (Å²) in [7, 11) is 0. The topological polar surface area (TPSA) is 88.9 Å². The van der Waals surface area contributed by atoms with Crippen LogP contribution in [0.1, 0.15) is 48.3 Å². The first-order valence-electron chi connectivity index (χ1n) is 9.77. The molecule has 0 aliphatic heterocycles. The van der Waals surface area contributed by atoms with Gasteiger partial charge in [0, 0.05) is 24.8 Å². The Bertz CT molecular complexity index is 965. The number of hydrogen-bond acceptors (Lipinski definition) is 4. The van der Waals surface area contributed by atoms with E-state index in [0.29, 0.717) is 30.8 Å². The van der Waals surface area contributed by atoms with Crippen molar-refractivity contribution in [3.05, 3.63) is 71.7 Å². The van der Waals surface area contributed by atoms with Gasteiger partial charge in [0.15, 0.2) is 5.82 Å². The lowest BCUT2D eigenvalue weighted by molar-refractivity contribution is -0.116. The molecular weight excluding hydrogens is 366 g/mol. The highest BCUT2D eigenvalue weighted by Gasteiger charge is 2.17. The monoisotopic (exact) mass is 391 g/mol. The highest BCUT2D eigenvalue weighted by molar-refractivity contribution is 5.95. The van der Waals surface area contributed by atoms with Crippen LogP contribution in [-0.4, -0.2) is 26.6 Å². The number of nitrogens with one attached hydrogen (secondary N) is 2. The van der Waals surface area contributed by atoms with E-state index in [4.69, 9.17) is 0 Å². The van der Waals surface area contributed by atoms with Gasteiger partial charge in [-0.3, -0.25) is 9.59 Å². The molecule has 0 atom stereocenters. The molecule has 3 rings (SSSR count). The summed E-state index contributed by atoms with van der Waals surface area (Å²) < 4.78 is 1.70. The fourth-order valence-corrected chi connectivity index (χ4v) is 3.01. The van der Waals surface area contributed by atoms with Crippen molar-refractivity contribution in [2.45, 2.75) is 39.7 Å². The first-order valence-corrected chi connectivity index (χ1v) is 9.77. The summed E-state index contributed by atoms with van der Waals surface area (Å²) in [6.07, 6.45) is 5.25. The summed E-state index contributed by atoms with van der Waals surface area (Å²) in [5, 5.41) is 10.1. The number of aromatic nitrogens is 3. The predicted molar refractivity (Wildman–Crippen MR) is 112 cm³/mol. The van der Waals surface area contributed by atoms with E-state index in [1.165, 1.54) is 0 Å². The van der Waals surface area contributed by atoms with Gasteiger partial charge in [0.1, 0.15) is 0 Å². The standard InChI is InChI=1S/C22H25N5O2/c1-3-7-21(28)26-17-11-9-16(10-12-17)14-24-22(29)18-15-25-27(19(18)4-2)20-8-5-6-13-23-20/h5-6,8-13,15H,3-4,7,14H2,1-2H3,(H,24,29)(H,26,28). The molecular formula is C22H25N5O2. The van der Waals surface area contributed by atoms with E-state index in [1.54, 1.807) is 17.1 Å². The highest BCUT2D eigenvalue weighted by atomic mass is 16.2. The Morgan fingerprint density at radius 3 is 2.52 bits per heavy atom. The Morgan fingerprint density at radius 2 is 1.86 bits per heavy atom. The Hall–Kier alpha value is -3.48. The van der Waals surface area contributed by atoms with Gasteiger partial charge in [0.05, 0.1) is 17.5 Å². The lowest BCUT2D eigenvalue weighted by Crippen LogP contribution is -2.23. The van der Waals surface area contributed by atoms with E-state index < -0.39 is 0 Å². The molecule has 1 aromatic carbocycles. The molecule has 3 aromatic rings. The van der Waals surface area contributed by atoms with Crippen LogP contribution in [0.3, 0.4) is 0 Å². The second-order valence-corrected chi connectivity index (χ2v) is 6.64. The molecule has 0 radical (unpaired) electrons. The van der Waals surface area contributed by atoms with Crippen molar-refractivity contribution in [3.8, 4) is 5.82 Å². The zero-order valence-electron chi connectivity index (χ0n) is 16.7. The van der Waals surface area contributed by atoms with Crippen LogP contribution in [0.4, 0.5) is 5.69 Å². The van der Waals surface area contributed by atoms with E-state index in [0.717, 1.165) is 23.4 Å². The Balaban J connectivity index is 1.64. The molecule has 0 aliphatic carbocycles. The van der Waals surface area contributed by atoms with Crippen LogP contribution in [0.2, 0.25) is 0 Å². The Labute approximate surface area is 170 Å². The van der Waals surface area contributed by atoms with Gasteiger partial charge in [-0.25, -0.2) is 9.67 Å². The molecule has 29 heavy (non-hydrogen) atoms.